The van der Waals surface area contributed by atoms with Gasteiger partial charge in [-0.3, -0.25) is 4.90 Å². The van der Waals surface area contributed by atoms with Gasteiger partial charge in [0, 0.05) is 30.6 Å². The second-order valence-electron chi connectivity index (χ2n) is 6.37. The number of carbonyl (C=O) groups excluding carboxylic acids is 1. The highest BCUT2D eigenvalue weighted by Crippen LogP contribution is 2.25. The summed E-state index contributed by atoms with van der Waals surface area (Å²) in [5.74, 6) is 0. The zero-order valence-electron chi connectivity index (χ0n) is 13.6. The molecular weight excluding hydrogens is 310 g/mol. The lowest BCUT2D eigenvalue weighted by Gasteiger charge is -2.34. The Kier molecular flexibility index (Phi) is 6.30. The molecule has 2 amide bonds. The SMILES string of the molecule is O=C(NC[C@H](c1cccs1)N1CCOCC1)NC1CCCCC1. The van der Waals surface area contributed by atoms with Crippen molar-refractivity contribution in [3.8, 4) is 0 Å². The summed E-state index contributed by atoms with van der Waals surface area (Å²) >= 11 is 1.76. The Balaban J connectivity index is 1.52. The van der Waals surface area contributed by atoms with Crippen molar-refractivity contribution in [1.29, 1.82) is 0 Å². The molecule has 2 aliphatic rings. The van der Waals surface area contributed by atoms with E-state index in [0.29, 0.717) is 12.6 Å². The Morgan fingerprint density at radius 2 is 2.09 bits per heavy atom. The Morgan fingerprint density at radius 3 is 2.78 bits per heavy atom. The van der Waals surface area contributed by atoms with Crippen LogP contribution in [0, 0.1) is 0 Å². The number of nitrogens with one attached hydrogen (secondary N) is 2. The van der Waals surface area contributed by atoms with Gasteiger partial charge in [0.25, 0.3) is 0 Å². The zero-order chi connectivity index (χ0) is 15.9. The highest BCUT2D eigenvalue weighted by atomic mass is 32.1. The van der Waals surface area contributed by atoms with E-state index in [-0.39, 0.29) is 12.1 Å². The molecule has 0 bridgehead atoms. The molecule has 0 aromatic carbocycles. The zero-order valence-corrected chi connectivity index (χ0v) is 14.4. The van der Waals surface area contributed by atoms with Gasteiger partial charge >= 0.3 is 6.03 Å². The van der Waals surface area contributed by atoms with Gasteiger partial charge in [0.1, 0.15) is 0 Å². The fraction of sp³-hybridized carbons (Fsp3) is 0.706. The summed E-state index contributed by atoms with van der Waals surface area (Å²) in [6.07, 6.45) is 6.00. The molecule has 1 atom stereocenters. The second-order valence-corrected chi connectivity index (χ2v) is 7.35. The van der Waals surface area contributed by atoms with Crippen LogP contribution in [0.25, 0.3) is 0 Å². The molecule has 3 rings (SSSR count). The highest BCUT2D eigenvalue weighted by Gasteiger charge is 2.24. The van der Waals surface area contributed by atoms with Gasteiger partial charge in [0.2, 0.25) is 0 Å². The van der Waals surface area contributed by atoms with Crippen molar-refractivity contribution in [3.05, 3.63) is 22.4 Å². The van der Waals surface area contributed by atoms with Crippen LogP contribution in [0.4, 0.5) is 4.79 Å². The van der Waals surface area contributed by atoms with Crippen molar-refractivity contribution >= 4 is 17.4 Å². The standard InChI is InChI=1S/C17H27N3O2S/c21-17(19-14-5-2-1-3-6-14)18-13-15(16-7-4-12-23-16)20-8-10-22-11-9-20/h4,7,12,14-15H,1-3,5-6,8-11,13H2,(H2,18,19,21)/t15-/m1/s1. The fourth-order valence-electron chi connectivity index (χ4n) is 3.45. The number of nitrogens with zero attached hydrogens (tertiary/aromatic N) is 1. The molecule has 23 heavy (non-hydrogen) atoms. The van der Waals surface area contributed by atoms with Gasteiger partial charge in [-0.1, -0.05) is 25.3 Å². The lowest BCUT2D eigenvalue weighted by atomic mass is 9.96. The van der Waals surface area contributed by atoms with E-state index in [0.717, 1.165) is 39.1 Å². The maximum atomic E-state index is 12.2. The molecule has 5 nitrogen and oxygen atoms in total. The molecule has 0 radical (unpaired) electrons. The van der Waals surface area contributed by atoms with Crippen LogP contribution in [-0.4, -0.2) is 49.8 Å². The predicted molar refractivity (Wildman–Crippen MR) is 92.9 cm³/mol. The predicted octanol–water partition coefficient (Wildman–Crippen LogP) is 2.75. The molecule has 0 spiro atoms. The van der Waals surface area contributed by atoms with Crippen molar-refractivity contribution in [2.24, 2.45) is 0 Å². The van der Waals surface area contributed by atoms with Gasteiger partial charge in [0.15, 0.2) is 0 Å². The maximum absolute atomic E-state index is 12.2. The van der Waals surface area contributed by atoms with E-state index in [1.165, 1.54) is 24.1 Å². The van der Waals surface area contributed by atoms with E-state index in [1.807, 2.05) is 0 Å². The Hall–Kier alpha value is -1.11. The third-order valence-electron chi connectivity index (χ3n) is 4.75. The Bertz CT molecular complexity index is 468. The minimum atomic E-state index is -0.0216. The normalized spacial score (nSPS) is 21.7. The van der Waals surface area contributed by atoms with Crippen molar-refractivity contribution in [2.45, 2.75) is 44.2 Å². The minimum Gasteiger partial charge on any atom is -0.379 e. The number of hydrogen-bond donors (Lipinski definition) is 2. The molecule has 128 valence electrons. The molecule has 1 aliphatic heterocycles. The summed E-state index contributed by atoms with van der Waals surface area (Å²) < 4.78 is 5.46. The molecule has 2 N–H and O–H groups in total. The molecule has 1 aliphatic carbocycles. The topological polar surface area (TPSA) is 53.6 Å². The van der Waals surface area contributed by atoms with E-state index >= 15 is 0 Å². The first-order valence-corrected chi connectivity index (χ1v) is 9.60. The first-order valence-electron chi connectivity index (χ1n) is 8.72. The molecule has 2 heterocycles. The van der Waals surface area contributed by atoms with Crippen molar-refractivity contribution in [3.63, 3.8) is 0 Å². The van der Waals surface area contributed by atoms with Gasteiger partial charge in [-0.05, 0) is 24.3 Å². The van der Waals surface area contributed by atoms with Crippen LogP contribution in [0.3, 0.4) is 0 Å². The number of hydrogen-bond acceptors (Lipinski definition) is 4. The van der Waals surface area contributed by atoms with Crippen LogP contribution in [-0.2, 0) is 4.74 Å². The molecule has 1 aromatic rings. The largest absolute Gasteiger partial charge is 0.379 e. The van der Waals surface area contributed by atoms with Gasteiger partial charge < -0.3 is 15.4 Å². The van der Waals surface area contributed by atoms with E-state index in [9.17, 15) is 4.79 Å². The number of carbonyl (C=O) groups is 1. The second kappa shape index (κ2) is 8.66. The summed E-state index contributed by atoms with van der Waals surface area (Å²) in [7, 11) is 0. The molecular formula is C17H27N3O2S. The lowest BCUT2D eigenvalue weighted by Crippen LogP contribution is -2.47. The molecule has 1 saturated carbocycles. The summed E-state index contributed by atoms with van der Waals surface area (Å²) in [6.45, 7) is 4.05. The number of morpholine rings is 1. The van der Waals surface area contributed by atoms with Crippen LogP contribution in [0.5, 0.6) is 0 Å². The van der Waals surface area contributed by atoms with Crippen LogP contribution >= 0.6 is 11.3 Å². The van der Waals surface area contributed by atoms with Crippen LogP contribution in [0.15, 0.2) is 17.5 Å². The van der Waals surface area contributed by atoms with E-state index in [4.69, 9.17) is 4.74 Å². The molecule has 2 fully saturated rings. The van der Waals surface area contributed by atoms with Crippen LogP contribution in [0.1, 0.15) is 43.0 Å². The number of rotatable bonds is 5. The van der Waals surface area contributed by atoms with Gasteiger partial charge in [-0.25, -0.2) is 4.79 Å². The Morgan fingerprint density at radius 1 is 1.30 bits per heavy atom. The van der Waals surface area contributed by atoms with Gasteiger partial charge in [0.05, 0.1) is 19.3 Å². The number of thiophene rings is 1. The molecule has 0 unspecified atom stereocenters. The van der Waals surface area contributed by atoms with E-state index in [2.05, 4.69) is 33.0 Å². The average molecular weight is 337 g/mol. The Labute approximate surface area is 142 Å². The minimum absolute atomic E-state index is 0.0216. The third-order valence-corrected chi connectivity index (χ3v) is 5.73. The van der Waals surface area contributed by atoms with E-state index < -0.39 is 0 Å². The smallest absolute Gasteiger partial charge is 0.315 e. The number of amides is 2. The van der Waals surface area contributed by atoms with Crippen molar-refractivity contribution in [2.75, 3.05) is 32.8 Å². The monoisotopic (exact) mass is 337 g/mol. The van der Waals surface area contributed by atoms with Crippen LogP contribution in [0.2, 0.25) is 0 Å². The van der Waals surface area contributed by atoms with Gasteiger partial charge in [-0.15, -0.1) is 11.3 Å². The first kappa shape index (κ1) is 16.7. The van der Waals surface area contributed by atoms with E-state index in [1.54, 1.807) is 11.3 Å². The van der Waals surface area contributed by atoms with Crippen molar-refractivity contribution in [1.82, 2.24) is 15.5 Å². The van der Waals surface area contributed by atoms with Crippen molar-refractivity contribution < 1.29 is 9.53 Å². The first-order chi connectivity index (χ1) is 11.3. The highest BCUT2D eigenvalue weighted by molar-refractivity contribution is 7.10. The lowest BCUT2D eigenvalue weighted by molar-refractivity contribution is 0.0174. The average Bonchev–Trinajstić information content (AvgIpc) is 3.11. The summed E-state index contributed by atoms with van der Waals surface area (Å²) in [5.41, 5.74) is 0. The maximum Gasteiger partial charge on any atom is 0.315 e. The summed E-state index contributed by atoms with van der Waals surface area (Å²) in [5, 5.41) is 8.32. The number of ether oxygens (including phenoxy) is 1. The number of urea groups is 1. The molecule has 1 saturated heterocycles. The molecule has 1 aromatic heterocycles. The summed E-state index contributed by atoms with van der Waals surface area (Å²) in [4.78, 5) is 15.9. The quantitative estimate of drug-likeness (QED) is 0.869. The fourth-order valence-corrected chi connectivity index (χ4v) is 4.31. The summed E-state index contributed by atoms with van der Waals surface area (Å²) in [6, 6.07) is 4.82. The van der Waals surface area contributed by atoms with Gasteiger partial charge in [-0.2, -0.15) is 0 Å². The third kappa shape index (κ3) is 4.93. The van der Waals surface area contributed by atoms with Crippen LogP contribution < -0.4 is 10.6 Å². The molecule has 6 heteroatoms.